The molecule has 1 saturated heterocycles. The molecule has 0 bridgehead atoms. The summed E-state index contributed by atoms with van der Waals surface area (Å²) in [6.07, 6.45) is 4.99. The van der Waals surface area contributed by atoms with Crippen LogP contribution in [0.4, 0.5) is 0 Å². The molecule has 0 aromatic carbocycles. The Kier molecular flexibility index (Phi) is 6.63. The Hall–Kier alpha value is -1.14. The van der Waals surface area contributed by atoms with Gasteiger partial charge in [0.15, 0.2) is 0 Å². The van der Waals surface area contributed by atoms with Crippen molar-refractivity contribution in [3.8, 4) is 0 Å². The van der Waals surface area contributed by atoms with Gasteiger partial charge in [-0.3, -0.25) is 14.4 Å². The van der Waals surface area contributed by atoms with E-state index >= 15 is 0 Å². The van der Waals surface area contributed by atoms with Crippen molar-refractivity contribution in [1.29, 1.82) is 0 Å². The maximum atomic E-state index is 12.3. The Morgan fingerprint density at radius 3 is 2.29 bits per heavy atom. The van der Waals surface area contributed by atoms with Crippen molar-refractivity contribution < 1.29 is 23.9 Å². The number of ether oxygens (including phenoxy) is 2. The number of esters is 2. The summed E-state index contributed by atoms with van der Waals surface area (Å²) in [5, 5.41) is 1.80. The standard InChI is InChI=1S/C18H31NO5/c1-5-22-16(20)13-8-10-14(11-9-13)24-19-12-6-7-15(19)17(21)23-18(2,3)4/h13-15H,5-12H2,1-4H3/t13?,14?,15-/m1/s1. The monoisotopic (exact) mass is 341 g/mol. The molecular weight excluding hydrogens is 310 g/mol. The van der Waals surface area contributed by atoms with Crippen LogP contribution in [0.2, 0.25) is 0 Å². The number of rotatable bonds is 5. The van der Waals surface area contributed by atoms with E-state index in [1.54, 1.807) is 5.06 Å². The first-order chi connectivity index (χ1) is 11.3. The number of carbonyl (C=O) groups is 2. The van der Waals surface area contributed by atoms with E-state index < -0.39 is 5.60 Å². The fourth-order valence-corrected chi connectivity index (χ4v) is 3.33. The van der Waals surface area contributed by atoms with Crippen LogP contribution in [0.25, 0.3) is 0 Å². The lowest BCUT2D eigenvalue weighted by molar-refractivity contribution is -0.224. The van der Waals surface area contributed by atoms with Gasteiger partial charge < -0.3 is 9.47 Å². The quantitative estimate of drug-likeness (QED) is 0.717. The summed E-state index contributed by atoms with van der Waals surface area (Å²) >= 11 is 0. The van der Waals surface area contributed by atoms with E-state index in [1.165, 1.54) is 0 Å². The molecule has 1 aliphatic carbocycles. The van der Waals surface area contributed by atoms with Crippen molar-refractivity contribution in [3.63, 3.8) is 0 Å². The minimum Gasteiger partial charge on any atom is -0.466 e. The normalized spacial score (nSPS) is 28.6. The lowest BCUT2D eigenvalue weighted by Crippen LogP contribution is -2.43. The fourth-order valence-electron chi connectivity index (χ4n) is 3.33. The highest BCUT2D eigenvalue weighted by atomic mass is 16.7. The fraction of sp³-hybridized carbons (Fsp3) is 0.889. The molecule has 0 aromatic heterocycles. The summed E-state index contributed by atoms with van der Waals surface area (Å²) in [5.74, 6) is -0.311. The molecule has 0 aromatic rings. The first-order valence-electron chi connectivity index (χ1n) is 9.13. The summed E-state index contributed by atoms with van der Waals surface area (Å²) in [7, 11) is 0. The minimum atomic E-state index is -0.483. The van der Waals surface area contributed by atoms with Crippen LogP contribution in [0.3, 0.4) is 0 Å². The van der Waals surface area contributed by atoms with Crippen molar-refractivity contribution >= 4 is 11.9 Å². The van der Waals surface area contributed by atoms with Crippen LogP contribution in [0.15, 0.2) is 0 Å². The van der Waals surface area contributed by atoms with E-state index in [4.69, 9.17) is 14.3 Å². The Morgan fingerprint density at radius 2 is 1.71 bits per heavy atom. The predicted octanol–water partition coefficient (Wildman–Crippen LogP) is 2.85. The van der Waals surface area contributed by atoms with Gasteiger partial charge in [0.05, 0.1) is 18.6 Å². The summed E-state index contributed by atoms with van der Waals surface area (Å²) in [6.45, 7) is 8.64. The molecule has 0 radical (unpaired) electrons. The minimum absolute atomic E-state index is 0.00923. The van der Waals surface area contributed by atoms with Gasteiger partial charge in [0.25, 0.3) is 0 Å². The van der Waals surface area contributed by atoms with Crippen LogP contribution in [0, 0.1) is 5.92 Å². The molecule has 1 atom stereocenters. The van der Waals surface area contributed by atoms with E-state index in [-0.39, 0.29) is 30.0 Å². The summed E-state index contributed by atoms with van der Waals surface area (Å²) in [4.78, 5) is 30.2. The molecule has 0 amide bonds. The second-order valence-electron chi connectivity index (χ2n) is 7.66. The van der Waals surface area contributed by atoms with Crippen LogP contribution in [0.5, 0.6) is 0 Å². The first kappa shape index (κ1) is 19.2. The zero-order valence-electron chi connectivity index (χ0n) is 15.4. The largest absolute Gasteiger partial charge is 0.466 e. The van der Waals surface area contributed by atoms with Gasteiger partial charge in [-0.15, -0.1) is 0 Å². The molecule has 0 spiro atoms. The van der Waals surface area contributed by atoms with E-state index in [1.807, 2.05) is 27.7 Å². The van der Waals surface area contributed by atoms with E-state index in [0.717, 1.165) is 45.1 Å². The topological polar surface area (TPSA) is 65.1 Å². The van der Waals surface area contributed by atoms with Gasteiger partial charge in [0.2, 0.25) is 0 Å². The average Bonchev–Trinajstić information content (AvgIpc) is 2.95. The van der Waals surface area contributed by atoms with Crippen LogP contribution >= 0.6 is 0 Å². The van der Waals surface area contributed by atoms with Crippen LogP contribution in [-0.4, -0.2) is 47.9 Å². The van der Waals surface area contributed by atoms with Gasteiger partial charge >= 0.3 is 11.9 Å². The highest BCUT2D eigenvalue weighted by molar-refractivity contribution is 5.76. The highest BCUT2D eigenvalue weighted by Crippen LogP contribution is 2.30. The lowest BCUT2D eigenvalue weighted by Gasteiger charge is -2.32. The molecule has 6 nitrogen and oxygen atoms in total. The van der Waals surface area contributed by atoms with Crippen molar-refractivity contribution in [2.24, 2.45) is 5.92 Å². The SMILES string of the molecule is CCOC(=O)C1CCC(ON2CCC[C@@H]2C(=O)OC(C)(C)C)CC1. The third-order valence-electron chi connectivity index (χ3n) is 4.46. The molecule has 1 aliphatic heterocycles. The zero-order chi connectivity index (χ0) is 17.7. The predicted molar refractivity (Wildman–Crippen MR) is 89.0 cm³/mol. The first-order valence-corrected chi connectivity index (χ1v) is 9.13. The van der Waals surface area contributed by atoms with Gasteiger partial charge in [-0.25, -0.2) is 0 Å². The van der Waals surface area contributed by atoms with E-state index in [0.29, 0.717) is 6.61 Å². The molecule has 1 heterocycles. The van der Waals surface area contributed by atoms with Crippen LogP contribution < -0.4 is 0 Å². The van der Waals surface area contributed by atoms with Crippen molar-refractivity contribution in [3.05, 3.63) is 0 Å². The van der Waals surface area contributed by atoms with E-state index in [9.17, 15) is 9.59 Å². The second kappa shape index (κ2) is 8.30. The van der Waals surface area contributed by atoms with Crippen molar-refractivity contribution in [1.82, 2.24) is 5.06 Å². The van der Waals surface area contributed by atoms with Gasteiger partial charge in [0, 0.05) is 6.54 Å². The van der Waals surface area contributed by atoms with E-state index in [2.05, 4.69) is 0 Å². The Bertz CT molecular complexity index is 437. The molecule has 2 fully saturated rings. The molecular formula is C18H31NO5. The molecule has 0 N–H and O–H groups in total. The van der Waals surface area contributed by atoms with Gasteiger partial charge in [0.1, 0.15) is 11.6 Å². The number of hydroxylamine groups is 2. The molecule has 6 heteroatoms. The lowest BCUT2D eigenvalue weighted by atomic mass is 9.87. The highest BCUT2D eigenvalue weighted by Gasteiger charge is 2.37. The molecule has 2 rings (SSSR count). The van der Waals surface area contributed by atoms with Gasteiger partial charge in [-0.05, 0) is 66.2 Å². The number of nitrogens with zero attached hydrogens (tertiary/aromatic N) is 1. The summed E-state index contributed by atoms with van der Waals surface area (Å²) in [6, 6.07) is -0.313. The second-order valence-corrected chi connectivity index (χ2v) is 7.66. The number of hydrogen-bond acceptors (Lipinski definition) is 6. The summed E-state index contributed by atoms with van der Waals surface area (Å²) in [5.41, 5.74) is -0.483. The Morgan fingerprint density at radius 1 is 1.04 bits per heavy atom. The van der Waals surface area contributed by atoms with Crippen molar-refractivity contribution in [2.75, 3.05) is 13.2 Å². The smallest absolute Gasteiger partial charge is 0.326 e. The maximum Gasteiger partial charge on any atom is 0.326 e. The third kappa shape index (κ3) is 5.45. The maximum absolute atomic E-state index is 12.3. The molecule has 2 aliphatic rings. The molecule has 0 unspecified atom stereocenters. The van der Waals surface area contributed by atoms with Gasteiger partial charge in [-0.2, -0.15) is 5.06 Å². The molecule has 138 valence electrons. The summed E-state index contributed by atoms with van der Waals surface area (Å²) < 4.78 is 10.6. The Balaban J connectivity index is 1.81. The number of carbonyl (C=O) groups excluding carboxylic acids is 2. The number of hydrogen-bond donors (Lipinski definition) is 0. The zero-order valence-corrected chi connectivity index (χ0v) is 15.4. The van der Waals surface area contributed by atoms with Crippen LogP contribution in [0.1, 0.15) is 66.2 Å². The van der Waals surface area contributed by atoms with Gasteiger partial charge in [-0.1, -0.05) is 0 Å². The van der Waals surface area contributed by atoms with Crippen LogP contribution in [-0.2, 0) is 23.9 Å². The average molecular weight is 341 g/mol. The van der Waals surface area contributed by atoms with Crippen molar-refractivity contribution in [2.45, 2.75) is 84.0 Å². The Labute approximate surface area is 144 Å². The third-order valence-corrected chi connectivity index (χ3v) is 4.46. The molecule has 1 saturated carbocycles. The molecule has 24 heavy (non-hydrogen) atoms.